The summed E-state index contributed by atoms with van der Waals surface area (Å²) in [5, 5.41) is 3.71. The molecular formula is C18H21ClFN3. The maximum atomic E-state index is 14.4. The van der Waals surface area contributed by atoms with Crippen molar-refractivity contribution in [3.8, 4) is 0 Å². The van der Waals surface area contributed by atoms with Crippen molar-refractivity contribution in [2.24, 2.45) is 4.99 Å². The molecular weight excluding hydrogens is 313 g/mol. The van der Waals surface area contributed by atoms with E-state index in [0.717, 1.165) is 23.4 Å². The summed E-state index contributed by atoms with van der Waals surface area (Å²) in [6.07, 6.45) is 1.70. The average Bonchev–Trinajstić information content (AvgIpc) is 2.52. The van der Waals surface area contributed by atoms with Gasteiger partial charge < -0.3 is 10.2 Å². The molecule has 5 heteroatoms. The van der Waals surface area contributed by atoms with E-state index in [-0.39, 0.29) is 5.82 Å². The highest BCUT2D eigenvalue weighted by molar-refractivity contribution is 6.30. The standard InChI is InChI=1S/C18H21ClFN3/c1-5-23(4)11-21-16-10-15(20)18(8-13(16)3)22-17-9-14(19)7-6-12(17)2/h6-11,22H,5H2,1-4H3. The third-order valence-electron chi connectivity index (χ3n) is 3.65. The molecule has 0 saturated carbocycles. The molecule has 0 amide bonds. The van der Waals surface area contributed by atoms with Crippen LogP contribution in [0.4, 0.5) is 21.5 Å². The third kappa shape index (κ3) is 4.45. The molecule has 0 heterocycles. The number of aryl methyl sites for hydroxylation is 2. The van der Waals surface area contributed by atoms with Crippen LogP contribution in [0.1, 0.15) is 18.1 Å². The lowest BCUT2D eigenvalue weighted by Crippen LogP contribution is -2.14. The first-order valence-corrected chi connectivity index (χ1v) is 7.86. The molecule has 0 atom stereocenters. The van der Waals surface area contributed by atoms with Crippen molar-refractivity contribution in [3.63, 3.8) is 0 Å². The van der Waals surface area contributed by atoms with Gasteiger partial charge in [-0.25, -0.2) is 9.38 Å². The topological polar surface area (TPSA) is 27.6 Å². The molecule has 0 aromatic heterocycles. The first-order valence-electron chi connectivity index (χ1n) is 7.48. The van der Waals surface area contributed by atoms with E-state index in [1.54, 1.807) is 18.5 Å². The molecule has 2 aromatic rings. The summed E-state index contributed by atoms with van der Waals surface area (Å²) in [7, 11) is 1.92. The summed E-state index contributed by atoms with van der Waals surface area (Å²) in [4.78, 5) is 6.26. The normalized spacial score (nSPS) is 11.0. The van der Waals surface area contributed by atoms with Gasteiger partial charge >= 0.3 is 0 Å². The van der Waals surface area contributed by atoms with Crippen LogP contribution in [-0.4, -0.2) is 24.8 Å². The van der Waals surface area contributed by atoms with E-state index in [1.807, 2.05) is 44.9 Å². The first-order chi connectivity index (χ1) is 10.9. The number of benzene rings is 2. The summed E-state index contributed by atoms with van der Waals surface area (Å²) in [6, 6.07) is 8.69. The van der Waals surface area contributed by atoms with E-state index in [4.69, 9.17) is 11.6 Å². The number of aliphatic imine (C=N–C) groups is 1. The summed E-state index contributed by atoms with van der Waals surface area (Å²) in [5.41, 5.74) is 3.72. The average molecular weight is 334 g/mol. The molecule has 23 heavy (non-hydrogen) atoms. The molecule has 0 spiro atoms. The van der Waals surface area contributed by atoms with Gasteiger partial charge in [0.05, 0.1) is 17.7 Å². The van der Waals surface area contributed by atoms with Crippen LogP contribution in [0.15, 0.2) is 35.3 Å². The van der Waals surface area contributed by atoms with Gasteiger partial charge in [-0.15, -0.1) is 0 Å². The van der Waals surface area contributed by atoms with Crippen molar-refractivity contribution in [1.29, 1.82) is 0 Å². The Hall–Kier alpha value is -2.07. The van der Waals surface area contributed by atoms with Crippen molar-refractivity contribution in [2.45, 2.75) is 20.8 Å². The Bertz CT molecular complexity index is 728. The molecule has 0 fully saturated rings. The van der Waals surface area contributed by atoms with Gasteiger partial charge in [-0.05, 0) is 50.1 Å². The smallest absolute Gasteiger partial charge is 0.148 e. The second-order valence-corrected chi connectivity index (χ2v) is 5.96. The maximum absolute atomic E-state index is 14.4. The van der Waals surface area contributed by atoms with Crippen LogP contribution >= 0.6 is 11.6 Å². The van der Waals surface area contributed by atoms with Crippen molar-refractivity contribution >= 4 is 35.0 Å². The van der Waals surface area contributed by atoms with Crippen LogP contribution in [0.25, 0.3) is 0 Å². The Kier molecular flexibility index (Phi) is 5.61. The largest absolute Gasteiger partial charge is 0.366 e. The van der Waals surface area contributed by atoms with E-state index >= 15 is 0 Å². The van der Waals surface area contributed by atoms with Gasteiger partial charge in [-0.1, -0.05) is 17.7 Å². The van der Waals surface area contributed by atoms with Crippen LogP contribution < -0.4 is 5.32 Å². The second-order valence-electron chi connectivity index (χ2n) is 5.52. The van der Waals surface area contributed by atoms with Crippen LogP contribution in [0.5, 0.6) is 0 Å². The van der Waals surface area contributed by atoms with Crippen LogP contribution in [0.3, 0.4) is 0 Å². The summed E-state index contributed by atoms with van der Waals surface area (Å²) >= 11 is 6.01. The number of hydrogen-bond donors (Lipinski definition) is 1. The molecule has 3 nitrogen and oxygen atoms in total. The van der Waals surface area contributed by atoms with Gasteiger partial charge in [0.2, 0.25) is 0 Å². The number of nitrogens with one attached hydrogen (secondary N) is 1. The SMILES string of the molecule is CCN(C)C=Nc1cc(F)c(Nc2cc(Cl)ccc2C)cc1C. The monoisotopic (exact) mass is 333 g/mol. The van der Waals surface area contributed by atoms with Crippen molar-refractivity contribution < 1.29 is 4.39 Å². The Morgan fingerprint density at radius 3 is 2.61 bits per heavy atom. The fraction of sp³-hybridized carbons (Fsp3) is 0.278. The van der Waals surface area contributed by atoms with E-state index in [9.17, 15) is 4.39 Å². The number of nitrogens with zero attached hydrogens (tertiary/aromatic N) is 2. The predicted octanol–water partition coefficient (Wildman–Crippen LogP) is 5.45. The number of hydrogen-bond acceptors (Lipinski definition) is 2. The molecule has 0 aliphatic carbocycles. The first kappa shape index (κ1) is 17.3. The highest BCUT2D eigenvalue weighted by atomic mass is 35.5. The third-order valence-corrected chi connectivity index (χ3v) is 3.88. The van der Waals surface area contributed by atoms with Crippen LogP contribution in [-0.2, 0) is 0 Å². The van der Waals surface area contributed by atoms with E-state index in [2.05, 4.69) is 10.3 Å². The fourth-order valence-electron chi connectivity index (χ4n) is 2.02. The predicted molar refractivity (Wildman–Crippen MR) is 97.1 cm³/mol. The van der Waals surface area contributed by atoms with Crippen LogP contribution in [0, 0.1) is 19.7 Å². The van der Waals surface area contributed by atoms with Crippen molar-refractivity contribution in [2.75, 3.05) is 18.9 Å². The zero-order valence-corrected chi connectivity index (χ0v) is 14.6. The quantitative estimate of drug-likeness (QED) is 0.582. The molecule has 0 unspecified atom stereocenters. The number of anilines is 2. The molecule has 2 rings (SSSR count). The minimum absolute atomic E-state index is 0.346. The Balaban J connectivity index is 2.29. The number of halogens is 2. The molecule has 0 bridgehead atoms. The molecule has 1 N–H and O–H groups in total. The zero-order chi connectivity index (χ0) is 17.0. The highest BCUT2D eigenvalue weighted by Crippen LogP contribution is 2.30. The summed E-state index contributed by atoms with van der Waals surface area (Å²) in [5.74, 6) is -0.346. The minimum atomic E-state index is -0.346. The van der Waals surface area contributed by atoms with Gasteiger partial charge in [-0.2, -0.15) is 0 Å². The molecule has 122 valence electrons. The lowest BCUT2D eigenvalue weighted by molar-refractivity contribution is 0.552. The Labute approximate surface area is 141 Å². The molecule has 0 radical (unpaired) electrons. The lowest BCUT2D eigenvalue weighted by Gasteiger charge is -2.13. The lowest BCUT2D eigenvalue weighted by atomic mass is 10.1. The van der Waals surface area contributed by atoms with Gasteiger partial charge in [0.1, 0.15) is 5.82 Å². The molecule has 0 aliphatic rings. The molecule has 0 aliphatic heterocycles. The Morgan fingerprint density at radius 2 is 1.91 bits per heavy atom. The van der Waals surface area contributed by atoms with Gasteiger partial charge in [0, 0.05) is 30.4 Å². The number of rotatable bonds is 5. The highest BCUT2D eigenvalue weighted by Gasteiger charge is 2.09. The van der Waals surface area contributed by atoms with Gasteiger partial charge in [-0.3, -0.25) is 0 Å². The Morgan fingerprint density at radius 1 is 1.17 bits per heavy atom. The zero-order valence-electron chi connectivity index (χ0n) is 13.8. The van der Waals surface area contributed by atoms with Gasteiger partial charge in [0.25, 0.3) is 0 Å². The van der Waals surface area contributed by atoms with E-state index in [0.29, 0.717) is 16.4 Å². The second kappa shape index (κ2) is 7.47. The van der Waals surface area contributed by atoms with E-state index in [1.165, 1.54) is 6.07 Å². The minimum Gasteiger partial charge on any atom is -0.366 e. The summed E-state index contributed by atoms with van der Waals surface area (Å²) in [6.45, 7) is 6.73. The summed E-state index contributed by atoms with van der Waals surface area (Å²) < 4.78 is 14.4. The van der Waals surface area contributed by atoms with E-state index < -0.39 is 0 Å². The van der Waals surface area contributed by atoms with Gasteiger partial charge in [0.15, 0.2) is 0 Å². The van der Waals surface area contributed by atoms with Crippen LogP contribution in [0.2, 0.25) is 5.02 Å². The molecule has 0 saturated heterocycles. The van der Waals surface area contributed by atoms with Crippen molar-refractivity contribution in [1.82, 2.24) is 4.90 Å². The maximum Gasteiger partial charge on any atom is 0.148 e. The fourth-order valence-corrected chi connectivity index (χ4v) is 2.19. The molecule has 2 aromatic carbocycles. The van der Waals surface area contributed by atoms with Crippen molar-refractivity contribution in [3.05, 3.63) is 52.3 Å².